The summed E-state index contributed by atoms with van der Waals surface area (Å²) in [4.78, 5) is 3.81. The van der Waals surface area contributed by atoms with Crippen molar-refractivity contribution in [2.24, 2.45) is 0 Å². The SMILES string of the molecule is CCNC(C)Cc1ncccc1C(F)(F)F. The van der Waals surface area contributed by atoms with Crippen LogP contribution in [0.5, 0.6) is 0 Å². The Labute approximate surface area is 92.9 Å². The second-order valence-electron chi connectivity index (χ2n) is 3.66. The lowest BCUT2D eigenvalue weighted by molar-refractivity contribution is -0.138. The van der Waals surface area contributed by atoms with Gasteiger partial charge in [-0.1, -0.05) is 6.92 Å². The van der Waals surface area contributed by atoms with E-state index in [2.05, 4.69) is 10.3 Å². The number of hydrogen-bond acceptors (Lipinski definition) is 2. The molecule has 0 aliphatic heterocycles. The Balaban J connectivity index is 2.87. The molecular weight excluding hydrogens is 217 g/mol. The molecule has 0 fully saturated rings. The quantitative estimate of drug-likeness (QED) is 0.863. The van der Waals surface area contributed by atoms with Gasteiger partial charge in [-0.15, -0.1) is 0 Å². The minimum Gasteiger partial charge on any atom is -0.314 e. The van der Waals surface area contributed by atoms with Crippen LogP contribution in [0.25, 0.3) is 0 Å². The predicted octanol–water partition coefficient (Wildman–Crippen LogP) is 2.64. The van der Waals surface area contributed by atoms with Gasteiger partial charge in [-0.2, -0.15) is 13.2 Å². The van der Waals surface area contributed by atoms with Gasteiger partial charge in [0.15, 0.2) is 0 Å². The molecule has 1 aromatic heterocycles. The van der Waals surface area contributed by atoms with Gasteiger partial charge in [0, 0.05) is 18.7 Å². The maximum Gasteiger partial charge on any atom is 0.418 e. The highest BCUT2D eigenvalue weighted by molar-refractivity contribution is 5.23. The van der Waals surface area contributed by atoms with Crippen molar-refractivity contribution in [3.63, 3.8) is 0 Å². The van der Waals surface area contributed by atoms with E-state index in [1.807, 2.05) is 13.8 Å². The maximum absolute atomic E-state index is 12.6. The maximum atomic E-state index is 12.6. The van der Waals surface area contributed by atoms with E-state index in [0.29, 0.717) is 0 Å². The lowest BCUT2D eigenvalue weighted by Crippen LogP contribution is -2.29. The molecule has 0 bridgehead atoms. The first-order valence-electron chi connectivity index (χ1n) is 5.19. The monoisotopic (exact) mass is 232 g/mol. The molecule has 0 spiro atoms. The second-order valence-corrected chi connectivity index (χ2v) is 3.66. The van der Waals surface area contributed by atoms with Crippen molar-refractivity contribution in [1.29, 1.82) is 0 Å². The fraction of sp³-hybridized carbons (Fsp3) is 0.545. The highest BCUT2D eigenvalue weighted by atomic mass is 19.4. The molecule has 1 aromatic rings. The summed E-state index contributed by atoms with van der Waals surface area (Å²) in [5, 5.41) is 3.07. The van der Waals surface area contributed by atoms with Crippen molar-refractivity contribution >= 4 is 0 Å². The smallest absolute Gasteiger partial charge is 0.314 e. The Bertz CT molecular complexity index is 336. The van der Waals surface area contributed by atoms with Crippen LogP contribution in [-0.2, 0) is 12.6 Å². The molecule has 5 heteroatoms. The molecule has 0 radical (unpaired) electrons. The molecule has 0 saturated heterocycles. The molecule has 0 saturated carbocycles. The zero-order valence-electron chi connectivity index (χ0n) is 9.30. The van der Waals surface area contributed by atoms with E-state index in [9.17, 15) is 13.2 Å². The average Bonchev–Trinajstić information content (AvgIpc) is 2.17. The van der Waals surface area contributed by atoms with Crippen LogP contribution in [0.4, 0.5) is 13.2 Å². The number of pyridine rings is 1. The third-order valence-electron chi connectivity index (χ3n) is 2.25. The minimum absolute atomic E-state index is 0.0130. The first-order chi connectivity index (χ1) is 7.45. The number of halogens is 3. The Morgan fingerprint density at radius 3 is 2.69 bits per heavy atom. The molecule has 0 aliphatic carbocycles. The molecule has 1 N–H and O–H groups in total. The molecule has 0 aromatic carbocycles. The molecule has 16 heavy (non-hydrogen) atoms. The number of nitrogens with zero attached hydrogens (tertiary/aromatic N) is 1. The number of aromatic nitrogens is 1. The largest absolute Gasteiger partial charge is 0.418 e. The zero-order valence-corrected chi connectivity index (χ0v) is 9.30. The second kappa shape index (κ2) is 5.30. The fourth-order valence-corrected chi connectivity index (χ4v) is 1.57. The van der Waals surface area contributed by atoms with E-state index in [-0.39, 0.29) is 18.2 Å². The van der Waals surface area contributed by atoms with Gasteiger partial charge in [-0.25, -0.2) is 0 Å². The van der Waals surface area contributed by atoms with Crippen molar-refractivity contribution in [3.8, 4) is 0 Å². The van der Waals surface area contributed by atoms with Crippen LogP contribution in [-0.4, -0.2) is 17.6 Å². The Kier molecular flexibility index (Phi) is 4.29. The van der Waals surface area contributed by atoms with Crippen molar-refractivity contribution in [2.75, 3.05) is 6.54 Å². The van der Waals surface area contributed by atoms with Crippen molar-refractivity contribution in [1.82, 2.24) is 10.3 Å². The van der Waals surface area contributed by atoms with E-state index in [4.69, 9.17) is 0 Å². The van der Waals surface area contributed by atoms with E-state index in [0.717, 1.165) is 12.6 Å². The molecule has 1 unspecified atom stereocenters. The summed E-state index contributed by atoms with van der Waals surface area (Å²) in [5.74, 6) is 0. The number of likely N-dealkylation sites (N-methyl/N-ethyl adjacent to an activating group) is 1. The number of hydrogen-bond donors (Lipinski definition) is 1. The molecule has 2 nitrogen and oxygen atoms in total. The summed E-state index contributed by atoms with van der Waals surface area (Å²) in [6.07, 6.45) is -2.65. The lowest BCUT2D eigenvalue weighted by Gasteiger charge is -2.15. The van der Waals surface area contributed by atoms with Gasteiger partial charge in [0.05, 0.1) is 11.3 Å². The summed E-state index contributed by atoms with van der Waals surface area (Å²) in [5.41, 5.74) is -0.539. The fourth-order valence-electron chi connectivity index (χ4n) is 1.57. The first kappa shape index (κ1) is 13.0. The third-order valence-corrected chi connectivity index (χ3v) is 2.25. The normalized spacial score (nSPS) is 13.8. The van der Waals surface area contributed by atoms with Gasteiger partial charge < -0.3 is 5.32 Å². The van der Waals surface area contributed by atoms with Gasteiger partial charge in [0.25, 0.3) is 0 Å². The van der Waals surface area contributed by atoms with Crippen LogP contribution in [0.3, 0.4) is 0 Å². The van der Waals surface area contributed by atoms with Gasteiger partial charge in [-0.05, 0) is 25.6 Å². The third kappa shape index (κ3) is 3.48. The molecule has 0 amide bonds. The van der Waals surface area contributed by atoms with Crippen LogP contribution in [0.2, 0.25) is 0 Å². The van der Waals surface area contributed by atoms with Crippen LogP contribution in [0.1, 0.15) is 25.1 Å². The van der Waals surface area contributed by atoms with Gasteiger partial charge in [-0.3, -0.25) is 4.98 Å². The molecule has 1 atom stereocenters. The predicted molar refractivity (Wildman–Crippen MR) is 56.1 cm³/mol. The Hall–Kier alpha value is -1.10. The molecule has 0 aliphatic rings. The van der Waals surface area contributed by atoms with E-state index < -0.39 is 11.7 Å². The van der Waals surface area contributed by atoms with Crippen LogP contribution < -0.4 is 5.32 Å². The van der Waals surface area contributed by atoms with Gasteiger partial charge >= 0.3 is 6.18 Å². The van der Waals surface area contributed by atoms with Crippen LogP contribution in [0.15, 0.2) is 18.3 Å². The summed E-state index contributed by atoms with van der Waals surface area (Å²) in [7, 11) is 0. The Morgan fingerprint density at radius 1 is 1.44 bits per heavy atom. The summed E-state index contributed by atoms with van der Waals surface area (Å²) in [6.45, 7) is 4.49. The molecule has 1 heterocycles. The zero-order chi connectivity index (χ0) is 12.2. The van der Waals surface area contributed by atoms with Crippen molar-refractivity contribution in [3.05, 3.63) is 29.6 Å². The van der Waals surface area contributed by atoms with Crippen LogP contribution >= 0.6 is 0 Å². The average molecular weight is 232 g/mol. The van der Waals surface area contributed by atoms with Gasteiger partial charge in [0.2, 0.25) is 0 Å². The molecule has 90 valence electrons. The standard InChI is InChI=1S/C11H15F3N2/c1-3-15-8(2)7-10-9(11(12,13)14)5-4-6-16-10/h4-6,8,15H,3,7H2,1-2H3. The van der Waals surface area contributed by atoms with Crippen molar-refractivity contribution in [2.45, 2.75) is 32.5 Å². The summed E-state index contributed by atoms with van der Waals surface area (Å²) < 4.78 is 37.9. The molecule has 1 rings (SSSR count). The first-order valence-corrected chi connectivity index (χ1v) is 5.19. The van der Waals surface area contributed by atoms with E-state index >= 15 is 0 Å². The highest BCUT2D eigenvalue weighted by Gasteiger charge is 2.33. The summed E-state index contributed by atoms with van der Waals surface area (Å²) in [6, 6.07) is 2.37. The number of rotatable bonds is 4. The Morgan fingerprint density at radius 2 is 2.12 bits per heavy atom. The van der Waals surface area contributed by atoms with E-state index in [1.54, 1.807) is 0 Å². The van der Waals surface area contributed by atoms with Crippen LogP contribution in [0, 0.1) is 0 Å². The lowest BCUT2D eigenvalue weighted by atomic mass is 10.1. The highest BCUT2D eigenvalue weighted by Crippen LogP contribution is 2.31. The topological polar surface area (TPSA) is 24.9 Å². The van der Waals surface area contributed by atoms with Crippen molar-refractivity contribution < 1.29 is 13.2 Å². The van der Waals surface area contributed by atoms with E-state index in [1.165, 1.54) is 12.3 Å². The number of nitrogens with one attached hydrogen (secondary N) is 1. The number of alkyl halides is 3. The van der Waals surface area contributed by atoms with Gasteiger partial charge in [0.1, 0.15) is 0 Å². The minimum atomic E-state index is -4.32. The summed E-state index contributed by atoms with van der Waals surface area (Å²) >= 11 is 0. The molecular formula is C11H15F3N2.